The molecule has 2 aromatic rings. The first kappa shape index (κ1) is 19.6. The minimum absolute atomic E-state index is 0.0341. The van der Waals surface area contributed by atoms with Crippen molar-refractivity contribution in [2.45, 2.75) is 19.3 Å². The molecule has 7 nitrogen and oxygen atoms in total. The normalized spacial score (nSPS) is 11.5. The van der Waals surface area contributed by atoms with Crippen LogP contribution in [0, 0.1) is 0 Å². The highest BCUT2D eigenvalue weighted by Crippen LogP contribution is 2.16. The fraction of sp³-hybridized carbons (Fsp3) is 0.316. The van der Waals surface area contributed by atoms with Crippen LogP contribution in [0.3, 0.4) is 0 Å². The summed E-state index contributed by atoms with van der Waals surface area (Å²) in [5, 5.41) is 24.5. The smallest absolute Gasteiger partial charge is 0.257 e. The molecule has 0 radical (unpaired) electrons. The monoisotopic (exact) mass is 360 g/mol. The predicted molar refractivity (Wildman–Crippen MR) is 98.1 cm³/mol. The first-order valence-electron chi connectivity index (χ1n) is 8.28. The van der Waals surface area contributed by atoms with E-state index in [0.29, 0.717) is 18.7 Å². The third-order valence-corrected chi connectivity index (χ3v) is 3.64. The Morgan fingerprint density at radius 3 is 2.35 bits per heavy atom. The zero-order chi connectivity index (χ0) is 18.8. The minimum atomic E-state index is -0.782. The molecule has 1 amide bonds. The maximum Gasteiger partial charge on any atom is 0.257 e. The third kappa shape index (κ3) is 6.62. The molecule has 0 heterocycles. The van der Waals surface area contributed by atoms with Crippen molar-refractivity contribution < 1.29 is 24.5 Å². The summed E-state index contributed by atoms with van der Waals surface area (Å²) < 4.78 is 10.4. The van der Waals surface area contributed by atoms with Crippen LogP contribution in [0.1, 0.15) is 12.0 Å². The highest BCUT2D eigenvalue weighted by atomic mass is 16.5. The van der Waals surface area contributed by atoms with Crippen LogP contribution >= 0.6 is 0 Å². The summed E-state index contributed by atoms with van der Waals surface area (Å²) in [6.45, 7) is 0.171. The van der Waals surface area contributed by atoms with Crippen molar-refractivity contribution in [2.24, 2.45) is 0 Å². The Morgan fingerprint density at radius 1 is 1.08 bits per heavy atom. The summed E-state index contributed by atoms with van der Waals surface area (Å²) in [5.74, 6) is 1.02. The van der Waals surface area contributed by atoms with Crippen molar-refractivity contribution in [3.63, 3.8) is 0 Å². The second kappa shape index (κ2) is 10.3. The minimum Gasteiger partial charge on any atom is -0.497 e. The average Bonchev–Trinajstić information content (AvgIpc) is 2.67. The zero-order valence-corrected chi connectivity index (χ0v) is 14.6. The van der Waals surface area contributed by atoms with Crippen LogP contribution in [-0.4, -0.2) is 42.6 Å². The highest BCUT2D eigenvalue weighted by molar-refractivity contribution is 5.77. The Hall–Kier alpha value is -2.77. The predicted octanol–water partition coefficient (Wildman–Crippen LogP) is 1.50. The first-order valence-corrected chi connectivity index (χ1v) is 8.28. The topological polar surface area (TPSA) is 100 Å². The van der Waals surface area contributed by atoms with E-state index in [0.717, 1.165) is 17.0 Å². The van der Waals surface area contributed by atoms with Gasteiger partial charge in [0.05, 0.1) is 13.7 Å². The maximum absolute atomic E-state index is 11.8. The molecule has 0 saturated carbocycles. The van der Waals surface area contributed by atoms with E-state index in [1.165, 1.54) is 0 Å². The van der Waals surface area contributed by atoms with Gasteiger partial charge in [-0.15, -0.1) is 0 Å². The SMILES string of the molecule is COc1ccc(NC(O)CCNC(=O)COc2ccc(CO)cc2)cc1. The number of ether oxygens (including phenoxy) is 2. The van der Waals surface area contributed by atoms with E-state index in [1.807, 2.05) is 0 Å². The molecule has 0 bridgehead atoms. The summed E-state index contributed by atoms with van der Waals surface area (Å²) in [6, 6.07) is 14.0. The van der Waals surface area contributed by atoms with Crippen LogP contribution in [0.25, 0.3) is 0 Å². The number of methoxy groups -OCH3 is 1. The molecule has 7 heteroatoms. The van der Waals surface area contributed by atoms with Gasteiger partial charge in [-0.2, -0.15) is 0 Å². The number of aliphatic hydroxyl groups is 2. The molecular formula is C19H24N2O5. The summed E-state index contributed by atoms with van der Waals surface area (Å²) in [5.41, 5.74) is 1.54. The molecule has 0 aliphatic heterocycles. The van der Waals surface area contributed by atoms with E-state index >= 15 is 0 Å². The Bertz CT molecular complexity index is 673. The van der Waals surface area contributed by atoms with E-state index in [9.17, 15) is 9.90 Å². The largest absolute Gasteiger partial charge is 0.497 e. The van der Waals surface area contributed by atoms with Gasteiger partial charge in [-0.3, -0.25) is 4.79 Å². The molecule has 140 valence electrons. The molecular weight excluding hydrogens is 336 g/mol. The molecule has 0 aromatic heterocycles. The van der Waals surface area contributed by atoms with E-state index in [2.05, 4.69) is 10.6 Å². The van der Waals surface area contributed by atoms with E-state index in [4.69, 9.17) is 14.6 Å². The second-order valence-electron chi connectivity index (χ2n) is 5.62. The molecule has 1 unspecified atom stereocenters. The van der Waals surface area contributed by atoms with Crippen LogP contribution in [0.2, 0.25) is 0 Å². The molecule has 2 rings (SSSR count). The van der Waals surface area contributed by atoms with Crippen LogP contribution in [0.15, 0.2) is 48.5 Å². The van der Waals surface area contributed by atoms with Crippen molar-refractivity contribution in [1.82, 2.24) is 5.32 Å². The standard InChI is InChI=1S/C19H24N2O5/c1-25-16-8-4-15(5-9-16)21-18(23)10-11-20-19(24)13-26-17-6-2-14(12-22)3-7-17/h2-9,18,21-23H,10-13H2,1H3,(H,20,24). The van der Waals surface area contributed by atoms with Crippen molar-refractivity contribution >= 4 is 11.6 Å². The summed E-state index contributed by atoms with van der Waals surface area (Å²) in [7, 11) is 1.59. The van der Waals surface area contributed by atoms with E-state index in [1.54, 1.807) is 55.6 Å². The Morgan fingerprint density at radius 2 is 1.73 bits per heavy atom. The summed E-state index contributed by atoms with van der Waals surface area (Å²) in [6.07, 6.45) is -0.432. The fourth-order valence-electron chi connectivity index (χ4n) is 2.19. The fourth-order valence-corrected chi connectivity index (χ4v) is 2.19. The Balaban J connectivity index is 1.63. The molecule has 26 heavy (non-hydrogen) atoms. The average molecular weight is 360 g/mol. The first-order chi connectivity index (χ1) is 12.6. The van der Waals surface area contributed by atoms with Gasteiger partial charge in [0.1, 0.15) is 17.7 Å². The van der Waals surface area contributed by atoms with Gasteiger partial charge < -0.3 is 30.3 Å². The molecule has 0 saturated heterocycles. The van der Waals surface area contributed by atoms with Crippen LogP contribution < -0.4 is 20.1 Å². The summed E-state index contributed by atoms with van der Waals surface area (Å²) >= 11 is 0. The highest BCUT2D eigenvalue weighted by Gasteiger charge is 2.07. The van der Waals surface area contributed by atoms with Crippen molar-refractivity contribution in [3.8, 4) is 11.5 Å². The van der Waals surface area contributed by atoms with Gasteiger partial charge in [0, 0.05) is 18.7 Å². The maximum atomic E-state index is 11.8. The van der Waals surface area contributed by atoms with E-state index < -0.39 is 6.23 Å². The van der Waals surface area contributed by atoms with Gasteiger partial charge in [0.25, 0.3) is 5.91 Å². The number of carbonyl (C=O) groups excluding carboxylic acids is 1. The lowest BCUT2D eigenvalue weighted by atomic mass is 10.2. The van der Waals surface area contributed by atoms with Crippen LogP contribution in [0.5, 0.6) is 11.5 Å². The number of carbonyl (C=O) groups is 1. The van der Waals surface area contributed by atoms with Crippen molar-refractivity contribution in [1.29, 1.82) is 0 Å². The second-order valence-corrected chi connectivity index (χ2v) is 5.62. The molecule has 0 aliphatic rings. The quantitative estimate of drug-likeness (QED) is 0.479. The lowest BCUT2D eigenvalue weighted by molar-refractivity contribution is -0.123. The van der Waals surface area contributed by atoms with Crippen molar-refractivity contribution in [2.75, 3.05) is 25.6 Å². The lowest BCUT2D eigenvalue weighted by Gasteiger charge is -2.15. The van der Waals surface area contributed by atoms with Gasteiger partial charge in [0.15, 0.2) is 6.61 Å². The van der Waals surface area contributed by atoms with Crippen LogP contribution in [0.4, 0.5) is 5.69 Å². The zero-order valence-electron chi connectivity index (χ0n) is 14.6. The number of rotatable bonds is 10. The van der Waals surface area contributed by atoms with Gasteiger partial charge in [0.2, 0.25) is 0 Å². The molecule has 0 fully saturated rings. The number of hydrogen-bond donors (Lipinski definition) is 4. The number of amides is 1. The van der Waals surface area contributed by atoms with Gasteiger partial charge in [-0.1, -0.05) is 12.1 Å². The number of hydrogen-bond acceptors (Lipinski definition) is 6. The Kier molecular flexibility index (Phi) is 7.73. The molecule has 2 aromatic carbocycles. The van der Waals surface area contributed by atoms with Gasteiger partial charge in [-0.25, -0.2) is 0 Å². The van der Waals surface area contributed by atoms with Gasteiger partial charge >= 0.3 is 0 Å². The lowest BCUT2D eigenvalue weighted by Crippen LogP contribution is -2.33. The van der Waals surface area contributed by atoms with Crippen molar-refractivity contribution in [3.05, 3.63) is 54.1 Å². The van der Waals surface area contributed by atoms with Gasteiger partial charge in [-0.05, 0) is 42.0 Å². The molecule has 1 atom stereocenters. The summed E-state index contributed by atoms with van der Waals surface area (Å²) in [4.78, 5) is 11.8. The number of benzene rings is 2. The van der Waals surface area contributed by atoms with E-state index in [-0.39, 0.29) is 19.1 Å². The third-order valence-electron chi connectivity index (χ3n) is 3.64. The molecule has 4 N–H and O–H groups in total. The number of nitrogens with one attached hydrogen (secondary N) is 2. The molecule has 0 aliphatic carbocycles. The Labute approximate surface area is 152 Å². The molecule has 0 spiro atoms. The van der Waals surface area contributed by atoms with Crippen LogP contribution in [-0.2, 0) is 11.4 Å². The number of aliphatic hydroxyl groups excluding tert-OH is 2. The number of anilines is 1.